The van der Waals surface area contributed by atoms with Gasteiger partial charge in [0.25, 0.3) is 5.91 Å². The van der Waals surface area contributed by atoms with E-state index in [2.05, 4.69) is 10.6 Å². The third-order valence-electron chi connectivity index (χ3n) is 4.73. The Balaban J connectivity index is 2.12. The number of ether oxygens (including phenoxy) is 3. The topological polar surface area (TPSA) is 103 Å². The van der Waals surface area contributed by atoms with Gasteiger partial charge in [-0.1, -0.05) is 32.9 Å². The van der Waals surface area contributed by atoms with Gasteiger partial charge < -0.3 is 24.8 Å². The Kier molecular flexibility index (Phi) is 8.39. The van der Waals surface area contributed by atoms with Gasteiger partial charge in [-0.3, -0.25) is 9.59 Å². The van der Waals surface area contributed by atoms with Crippen LogP contribution in [0.4, 0.5) is 10.1 Å². The van der Waals surface area contributed by atoms with Gasteiger partial charge in [0, 0.05) is 24.1 Å². The fourth-order valence-electron chi connectivity index (χ4n) is 2.67. The molecule has 9 heteroatoms. The summed E-state index contributed by atoms with van der Waals surface area (Å²) in [7, 11) is 2.83. The molecule has 2 aromatic rings. The van der Waals surface area contributed by atoms with Crippen LogP contribution in [0.25, 0.3) is 0 Å². The van der Waals surface area contributed by atoms with Crippen LogP contribution in [0, 0.1) is 18.2 Å². The Labute approximate surface area is 192 Å². The van der Waals surface area contributed by atoms with Crippen molar-refractivity contribution in [3.8, 4) is 11.5 Å². The van der Waals surface area contributed by atoms with E-state index in [9.17, 15) is 18.8 Å². The van der Waals surface area contributed by atoms with Crippen molar-refractivity contribution < 1.29 is 33.0 Å². The van der Waals surface area contributed by atoms with Gasteiger partial charge in [-0.05, 0) is 24.1 Å². The highest BCUT2D eigenvalue weighted by Crippen LogP contribution is 2.34. The fraction of sp³-hybridized carbons (Fsp3) is 0.375. The maximum absolute atomic E-state index is 13.6. The first-order valence-electron chi connectivity index (χ1n) is 10.2. The maximum atomic E-state index is 13.6. The lowest BCUT2D eigenvalue weighted by molar-refractivity contribution is -0.124. The molecular weight excluding hydrogens is 431 g/mol. The van der Waals surface area contributed by atoms with Crippen molar-refractivity contribution in [1.82, 2.24) is 5.32 Å². The Hall–Kier alpha value is -3.62. The molecule has 8 nitrogen and oxygen atoms in total. The second-order valence-electron chi connectivity index (χ2n) is 8.39. The van der Waals surface area contributed by atoms with E-state index in [1.54, 1.807) is 39.8 Å². The number of anilines is 1. The van der Waals surface area contributed by atoms with E-state index in [4.69, 9.17) is 14.2 Å². The Morgan fingerprint density at radius 3 is 2.21 bits per heavy atom. The third-order valence-corrected chi connectivity index (χ3v) is 4.73. The highest BCUT2D eigenvalue weighted by atomic mass is 19.1. The molecule has 0 spiro atoms. The molecular formula is C24H29FN2O6. The molecule has 0 radical (unpaired) electrons. The van der Waals surface area contributed by atoms with Gasteiger partial charge in [0.2, 0.25) is 5.91 Å². The summed E-state index contributed by atoms with van der Waals surface area (Å²) in [4.78, 5) is 37.3. The first kappa shape index (κ1) is 25.6. The second kappa shape index (κ2) is 10.8. The molecule has 0 aliphatic heterocycles. The lowest BCUT2D eigenvalue weighted by Gasteiger charge is -2.20. The van der Waals surface area contributed by atoms with Crippen LogP contribution < -0.4 is 20.1 Å². The summed E-state index contributed by atoms with van der Waals surface area (Å²) >= 11 is 0. The number of carbonyl (C=O) groups excluding carboxylic acids is 3. The molecule has 0 saturated heterocycles. The zero-order valence-electron chi connectivity index (χ0n) is 19.6. The van der Waals surface area contributed by atoms with Crippen LogP contribution in [-0.4, -0.2) is 38.6 Å². The standard InChI is InChI=1S/C24H29FN2O6/c1-14-7-8-15(9-17(14)25)12-26-21(28)13-33-22(29)16-10-19(31-5)20(32-6)11-18(16)27-23(30)24(2,3)4/h7-11H,12-13H2,1-6H3,(H,26,28)(H,27,30). The minimum Gasteiger partial charge on any atom is -0.493 e. The van der Waals surface area contributed by atoms with E-state index in [1.165, 1.54) is 32.4 Å². The molecule has 0 aromatic heterocycles. The molecule has 0 aliphatic carbocycles. The third kappa shape index (κ3) is 6.93. The summed E-state index contributed by atoms with van der Waals surface area (Å²) in [5, 5.41) is 5.25. The van der Waals surface area contributed by atoms with Crippen LogP contribution in [0.2, 0.25) is 0 Å². The zero-order valence-corrected chi connectivity index (χ0v) is 19.6. The molecule has 0 unspecified atom stereocenters. The minimum absolute atomic E-state index is 0.00124. The Morgan fingerprint density at radius 2 is 1.64 bits per heavy atom. The normalized spacial score (nSPS) is 10.9. The molecule has 2 rings (SSSR count). The van der Waals surface area contributed by atoms with Crippen LogP contribution in [-0.2, 0) is 20.9 Å². The molecule has 0 atom stereocenters. The van der Waals surface area contributed by atoms with Gasteiger partial charge in [0.15, 0.2) is 18.1 Å². The van der Waals surface area contributed by atoms with Crippen molar-refractivity contribution in [3.05, 3.63) is 52.8 Å². The molecule has 2 aromatic carbocycles. The van der Waals surface area contributed by atoms with Crippen LogP contribution in [0.1, 0.15) is 42.3 Å². The second-order valence-corrected chi connectivity index (χ2v) is 8.39. The van der Waals surface area contributed by atoms with Crippen molar-refractivity contribution in [2.75, 3.05) is 26.1 Å². The molecule has 0 bridgehead atoms. The van der Waals surface area contributed by atoms with E-state index in [0.29, 0.717) is 16.9 Å². The number of benzene rings is 2. The molecule has 0 heterocycles. The van der Waals surface area contributed by atoms with Gasteiger partial charge in [-0.2, -0.15) is 0 Å². The molecule has 2 amide bonds. The SMILES string of the molecule is COc1cc(NC(=O)C(C)(C)C)c(C(=O)OCC(=O)NCc2ccc(C)c(F)c2)cc1OC. The average molecular weight is 461 g/mol. The lowest BCUT2D eigenvalue weighted by atomic mass is 9.95. The van der Waals surface area contributed by atoms with Crippen LogP contribution >= 0.6 is 0 Å². The van der Waals surface area contributed by atoms with Gasteiger partial charge in [0.1, 0.15) is 5.82 Å². The van der Waals surface area contributed by atoms with Gasteiger partial charge in [-0.25, -0.2) is 9.18 Å². The number of nitrogens with one attached hydrogen (secondary N) is 2. The highest BCUT2D eigenvalue weighted by molar-refractivity contribution is 6.03. The number of methoxy groups -OCH3 is 2. The maximum Gasteiger partial charge on any atom is 0.340 e. The van der Waals surface area contributed by atoms with Gasteiger partial charge in [-0.15, -0.1) is 0 Å². The minimum atomic E-state index is -0.836. The number of amides is 2. The summed E-state index contributed by atoms with van der Waals surface area (Å²) in [6.07, 6.45) is 0. The molecule has 0 fully saturated rings. The highest BCUT2D eigenvalue weighted by Gasteiger charge is 2.25. The van der Waals surface area contributed by atoms with Crippen molar-refractivity contribution in [2.45, 2.75) is 34.2 Å². The van der Waals surface area contributed by atoms with Crippen LogP contribution in [0.3, 0.4) is 0 Å². The average Bonchev–Trinajstić information content (AvgIpc) is 2.77. The van der Waals surface area contributed by atoms with Crippen molar-refractivity contribution >= 4 is 23.5 Å². The Bertz CT molecular complexity index is 1050. The van der Waals surface area contributed by atoms with Gasteiger partial charge >= 0.3 is 5.97 Å². The molecule has 0 aliphatic rings. The van der Waals surface area contributed by atoms with E-state index in [-0.39, 0.29) is 35.3 Å². The van der Waals surface area contributed by atoms with E-state index < -0.39 is 23.9 Å². The molecule has 178 valence electrons. The number of hydrogen-bond acceptors (Lipinski definition) is 6. The molecule has 2 N–H and O–H groups in total. The molecule has 33 heavy (non-hydrogen) atoms. The quantitative estimate of drug-likeness (QED) is 0.584. The lowest BCUT2D eigenvalue weighted by Crippen LogP contribution is -2.30. The number of carbonyl (C=O) groups is 3. The van der Waals surface area contributed by atoms with E-state index in [1.807, 2.05) is 0 Å². The summed E-state index contributed by atoms with van der Waals surface area (Å²) in [5.74, 6) is -1.54. The van der Waals surface area contributed by atoms with Crippen molar-refractivity contribution in [1.29, 1.82) is 0 Å². The van der Waals surface area contributed by atoms with Crippen LogP contribution in [0.5, 0.6) is 11.5 Å². The first-order valence-corrected chi connectivity index (χ1v) is 10.2. The molecule has 0 saturated carbocycles. The zero-order chi connectivity index (χ0) is 24.8. The summed E-state index contributed by atoms with van der Waals surface area (Å²) in [6.45, 7) is 6.34. The number of aryl methyl sites for hydroxylation is 1. The van der Waals surface area contributed by atoms with Gasteiger partial charge in [0.05, 0.1) is 25.5 Å². The number of esters is 1. The number of halogens is 1. The fourth-order valence-corrected chi connectivity index (χ4v) is 2.67. The predicted molar refractivity (Wildman–Crippen MR) is 121 cm³/mol. The van der Waals surface area contributed by atoms with E-state index in [0.717, 1.165) is 0 Å². The van der Waals surface area contributed by atoms with E-state index >= 15 is 0 Å². The Morgan fingerprint density at radius 1 is 1.00 bits per heavy atom. The summed E-state index contributed by atoms with van der Waals surface area (Å²) < 4.78 is 29.2. The predicted octanol–water partition coefficient (Wildman–Crippen LogP) is 3.61. The summed E-state index contributed by atoms with van der Waals surface area (Å²) in [5.41, 5.74) is 0.517. The van der Waals surface area contributed by atoms with Crippen molar-refractivity contribution in [2.24, 2.45) is 5.41 Å². The van der Waals surface area contributed by atoms with Crippen molar-refractivity contribution in [3.63, 3.8) is 0 Å². The smallest absolute Gasteiger partial charge is 0.340 e. The largest absolute Gasteiger partial charge is 0.493 e. The van der Waals surface area contributed by atoms with Crippen LogP contribution in [0.15, 0.2) is 30.3 Å². The first-order chi connectivity index (χ1) is 15.5. The monoisotopic (exact) mass is 460 g/mol. The summed E-state index contributed by atoms with van der Waals surface area (Å²) in [6, 6.07) is 7.45. The number of rotatable bonds is 8. The number of hydrogen-bond donors (Lipinski definition) is 2.